The summed E-state index contributed by atoms with van der Waals surface area (Å²) < 4.78 is 7.50. The van der Waals surface area contributed by atoms with Gasteiger partial charge in [0.2, 0.25) is 0 Å². The van der Waals surface area contributed by atoms with Gasteiger partial charge in [-0.1, -0.05) is 0 Å². The van der Waals surface area contributed by atoms with Gasteiger partial charge >= 0.3 is 0 Å². The van der Waals surface area contributed by atoms with Gasteiger partial charge in [-0.05, 0) is 94.0 Å². The lowest BCUT2D eigenvalue weighted by Crippen LogP contribution is -2.13. The van der Waals surface area contributed by atoms with Crippen LogP contribution in [0.4, 0.5) is 5.69 Å². The number of thiophene rings is 1. The molecule has 7 heteroatoms. The fourth-order valence-corrected chi connectivity index (χ4v) is 5.82. The number of anilines is 1. The van der Waals surface area contributed by atoms with Crippen molar-refractivity contribution in [3.8, 4) is 22.9 Å². The van der Waals surface area contributed by atoms with Gasteiger partial charge in [-0.25, -0.2) is 0 Å². The third-order valence-corrected chi connectivity index (χ3v) is 7.30. The maximum Gasteiger partial charge on any atom is 0.266 e. The number of nitriles is 2. The van der Waals surface area contributed by atoms with Gasteiger partial charge in [-0.2, -0.15) is 10.5 Å². The van der Waals surface area contributed by atoms with E-state index in [9.17, 15) is 15.3 Å². The first-order valence-electron chi connectivity index (χ1n) is 11.4. The summed E-state index contributed by atoms with van der Waals surface area (Å²) in [4.78, 5) is 14.1. The van der Waals surface area contributed by atoms with Crippen LogP contribution in [0, 0.1) is 36.5 Å². The predicted molar refractivity (Wildman–Crippen MR) is 134 cm³/mol. The zero-order chi connectivity index (χ0) is 24.2. The van der Waals surface area contributed by atoms with Crippen molar-refractivity contribution >= 4 is 29.0 Å². The van der Waals surface area contributed by atoms with Gasteiger partial charge in [0.05, 0.1) is 12.2 Å². The average Bonchev–Trinajstić information content (AvgIpc) is 3.34. The smallest absolute Gasteiger partial charge is 0.266 e. The highest BCUT2D eigenvalue weighted by Crippen LogP contribution is 2.38. The Morgan fingerprint density at radius 3 is 2.62 bits per heavy atom. The number of carbonyl (C=O) groups excluding carboxylic acids is 1. The molecule has 34 heavy (non-hydrogen) atoms. The minimum absolute atomic E-state index is 0.0140. The second-order valence-corrected chi connectivity index (χ2v) is 9.33. The van der Waals surface area contributed by atoms with Gasteiger partial charge in [0.15, 0.2) is 0 Å². The molecule has 0 spiro atoms. The van der Waals surface area contributed by atoms with Crippen molar-refractivity contribution in [2.45, 2.75) is 46.5 Å². The first-order valence-corrected chi connectivity index (χ1v) is 12.2. The molecule has 0 aliphatic heterocycles. The van der Waals surface area contributed by atoms with Crippen molar-refractivity contribution in [1.29, 1.82) is 10.5 Å². The van der Waals surface area contributed by atoms with Crippen molar-refractivity contribution in [2.24, 2.45) is 0 Å². The molecular formula is C27H26N4O2S. The van der Waals surface area contributed by atoms with E-state index in [-0.39, 0.29) is 5.57 Å². The number of hydrogen-bond donors (Lipinski definition) is 1. The van der Waals surface area contributed by atoms with Gasteiger partial charge < -0.3 is 14.6 Å². The Hall–Kier alpha value is -3.81. The molecule has 1 aromatic carbocycles. The maximum absolute atomic E-state index is 12.8. The molecule has 0 saturated carbocycles. The molecule has 1 aliphatic rings. The van der Waals surface area contributed by atoms with Gasteiger partial charge in [0.1, 0.15) is 28.5 Å². The molecule has 2 heterocycles. The molecule has 0 unspecified atom stereocenters. The lowest BCUT2D eigenvalue weighted by atomic mass is 9.96. The van der Waals surface area contributed by atoms with E-state index in [1.807, 2.05) is 32.9 Å². The number of benzene rings is 1. The molecule has 1 aliphatic carbocycles. The van der Waals surface area contributed by atoms with Crippen molar-refractivity contribution < 1.29 is 9.53 Å². The minimum Gasteiger partial charge on any atom is -0.494 e. The Kier molecular flexibility index (Phi) is 6.86. The van der Waals surface area contributed by atoms with Crippen LogP contribution in [0.15, 0.2) is 35.9 Å². The van der Waals surface area contributed by atoms with E-state index in [1.54, 1.807) is 41.7 Å². The zero-order valence-electron chi connectivity index (χ0n) is 19.6. The third kappa shape index (κ3) is 4.48. The Morgan fingerprint density at radius 2 is 1.94 bits per heavy atom. The summed E-state index contributed by atoms with van der Waals surface area (Å²) in [5.41, 5.74) is 5.18. The van der Waals surface area contributed by atoms with Crippen LogP contribution in [-0.4, -0.2) is 17.1 Å². The minimum atomic E-state index is -0.472. The second-order valence-electron chi connectivity index (χ2n) is 8.25. The first kappa shape index (κ1) is 23.4. The summed E-state index contributed by atoms with van der Waals surface area (Å²) in [6, 6.07) is 13.4. The Bertz CT molecular complexity index is 1350. The summed E-state index contributed by atoms with van der Waals surface area (Å²) in [6.07, 6.45) is 5.85. The van der Waals surface area contributed by atoms with E-state index in [0.29, 0.717) is 12.3 Å². The van der Waals surface area contributed by atoms with Gasteiger partial charge in [-0.3, -0.25) is 4.79 Å². The molecule has 0 saturated heterocycles. The SMILES string of the molecule is CCOc1ccc(NC(=O)/C(C#N)=C\c2cc(C)n(-c3sc4c(c3C#N)CCCC4)c2C)cc1. The normalized spacial score (nSPS) is 13.0. The summed E-state index contributed by atoms with van der Waals surface area (Å²) in [7, 11) is 0. The number of carbonyl (C=O) groups is 1. The van der Waals surface area contributed by atoms with Gasteiger partial charge in [0, 0.05) is 22.0 Å². The maximum atomic E-state index is 12.8. The van der Waals surface area contributed by atoms with Crippen LogP contribution in [-0.2, 0) is 17.6 Å². The number of aromatic nitrogens is 1. The molecule has 0 bridgehead atoms. The molecule has 4 rings (SSSR count). The molecule has 6 nitrogen and oxygen atoms in total. The molecule has 0 fully saturated rings. The summed E-state index contributed by atoms with van der Waals surface area (Å²) >= 11 is 1.68. The summed E-state index contributed by atoms with van der Waals surface area (Å²) in [5.74, 6) is 0.247. The van der Waals surface area contributed by atoms with Crippen molar-refractivity contribution in [3.63, 3.8) is 0 Å². The van der Waals surface area contributed by atoms with Crippen LogP contribution in [0.1, 0.15) is 52.7 Å². The van der Waals surface area contributed by atoms with Crippen molar-refractivity contribution in [2.75, 3.05) is 11.9 Å². The van der Waals surface area contributed by atoms with Crippen LogP contribution in [0.5, 0.6) is 5.75 Å². The fraction of sp³-hybridized carbons (Fsp3) is 0.296. The number of amides is 1. The lowest BCUT2D eigenvalue weighted by molar-refractivity contribution is -0.112. The van der Waals surface area contributed by atoms with Crippen LogP contribution in [0.25, 0.3) is 11.1 Å². The number of nitrogens with one attached hydrogen (secondary N) is 1. The van der Waals surface area contributed by atoms with E-state index in [0.717, 1.165) is 58.9 Å². The van der Waals surface area contributed by atoms with E-state index >= 15 is 0 Å². The highest BCUT2D eigenvalue weighted by atomic mass is 32.1. The van der Waals surface area contributed by atoms with E-state index < -0.39 is 5.91 Å². The summed E-state index contributed by atoms with van der Waals surface area (Å²) in [5, 5.41) is 23.3. The van der Waals surface area contributed by atoms with E-state index in [1.165, 1.54) is 10.4 Å². The number of ether oxygens (including phenoxy) is 1. The Balaban J connectivity index is 1.64. The standard InChI is InChI=1S/C27H26N4O2S/c1-4-33-22-11-9-21(10-12-22)30-26(32)20(15-28)14-19-13-17(2)31(18(19)3)27-24(16-29)23-7-5-6-8-25(23)34-27/h9-14H,4-8H2,1-3H3,(H,30,32)/b20-14-. The topological polar surface area (TPSA) is 90.8 Å². The quantitative estimate of drug-likeness (QED) is 0.361. The Labute approximate surface area is 203 Å². The van der Waals surface area contributed by atoms with Crippen LogP contribution < -0.4 is 10.1 Å². The van der Waals surface area contributed by atoms with Crippen LogP contribution >= 0.6 is 11.3 Å². The molecule has 1 N–H and O–H groups in total. The second kappa shape index (κ2) is 9.99. The van der Waals surface area contributed by atoms with Gasteiger partial charge in [-0.15, -0.1) is 11.3 Å². The first-order chi connectivity index (χ1) is 16.5. The monoisotopic (exact) mass is 470 g/mol. The molecule has 2 aromatic heterocycles. The number of aryl methyl sites for hydroxylation is 2. The molecule has 3 aromatic rings. The predicted octanol–water partition coefficient (Wildman–Crippen LogP) is 5.85. The Morgan fingerprint density at radius 1 is 1.21 bits per heavy atom. The average molecular weight is 471 g/mol. The highest BCUT2D eigenvalue weighted by Gasteiger charge is 2.24. The molecule has 172 valence electrons. The number of nitrogens with zero attached hydrogens (tertiary/aromatic N) is 3. The van der Waals surface area contributed by atoms with E-state index in [4.69, 9.17) is 4.74 Å². The lowest BCUT2D eigenvalue weighted by Gasteiger charge is -2.10. The van der Waals surface area contributed by atoms with Crippen molar-refractivity contribution in [3.05, 3.63) is 68.9 Å². The third-order valence-electron chi connectivity index (χ3n) is 6.03. The molecule has 0 radical (unpaired) electrons. The number of hydrogen-bond acceptors (Lipinski definition) is 5. The molecule has 1 amide bonds. The van der Waals surface area contributed by atoms with Crippen LogP contribution in [0.3, 0.4) is 0 Å². The number of rotatable bonds is 6. The van der Waals surface area contributed by atoms with Crippen LogP contribution in [0.2, 0.25) is 0 Å². The summed E-state index contributed by atoms with van der Waals surface area (Å²) in [6.45, 7) is 6.41. The van der Waals surface area contributed by atoms with E-state index in [2.05, 4.69) is 16.0 Å². The highest BCUT2D eigenvalue weighted by molar-refractivity contribution is 7.15. The molecular weight excluding hydrogens is 444 g/mol. The fourth-order valence-electron chi connectivity index (χ4n) is 4.37. The number of fused-ring (bicyclic) bond motifs is 1. The largest absolute Gasteiger partial charge is 0.494 e. The van der Waals surface area contributed by atoms with Gasteiger partial charge in [0.25, 0.3) is 5.91 Å². The zero-order valence-corrected chi connectivity index (χ0v) is 20.4. The van der Waals surface area contributed by atoms with Crippen molar-refractivity contribution in [1.82, 2.24) is 4.57 Å². The molecule has 0 atom stereocenters.